The second-order valence-corrected chi connectivity index (χ2v) is 10.3. The largest absolute Gasteiger partial charge is 0.494 e. The van der Waals surface area contributed by atoms with Crippen molar-refractivity contribution in [1.29, 1.82) is 0 Å². The number of carbonyl (C=O) groups excluding carboxylic acids is 1. The van der Waals surface area contributed by atoms with E-state index in [2.05, 4.69) is 25.6 Å². The fourth-order valence-corrected chi connectivity index (χ4v) is 4.24. The highest BCUT2D eigenvalue weighted by Crippen LogP contribution is 2.21. The minimum absolute atomic E-state index is 0.0429. The first-order chi connectivity index (χ1) is 19.0. The Bertz CT molecular complexity index is 1450. The number of alkyl halides is 3. The molecule has 0 saturated carbocycles. The van der Waals surface area contributed by atoms with Crippen molar-refractivity contribution in [3.05, 3.63) is 71.8 Å². The van der Waals surface area contributed by atoms with E-state index in [4.69, 9.17) is 9.47 Å². The maximum Gasteiger partial charge on any atom is 0.422 e. The van der Waals surface area contributed by atoms with Gasteiger partial charge in [-0.05, 0) is 54.8 Å². The summed E-state index contributed by atoms with van der Waals surface area (Å²) < 4.78 is 75.1. The number of allylic oxidation sites excluding steroid dienone is 1. The molecule has 0 fully saturated rings. The summed E-state index contributed by atoms with van der Waals surface area (Å²) in [5.74, 6) is -0.719. The maximum absolute atomic E-state index is 12.7. The number of aromatic nitrogens is 3. The number of sulfonamides is 1. The van der Waals surface area contributed by atoms with Crippen LogP contribution in [0.15, 0.2) is 60.7 Å². The molecule has 11 nitrogen and oxygen atoms in total. The third-order valence-electron chi connectivity index (χ3n) is 5.27. The standard InChI is InChI=1S/C25H25F3N6O5S/c26-25(27,28)16-39-24-32-22-29-15-17-5-11-20(12-6-17)38-13-3-1-2-4-14-40(36,37)34-21(35)18-7-9-19(10-8-18)30-23(31-22)33-24/h2,4-12H,1,3,13-16H2,(H,34,35)(H2,29,30,31,32,33). The number of nitrogens with zero attached hydrogens (tertiary/aromatic N) is 3. The zero-order valence-corrected chi connectivity index (χ0v) is 21.8. The van der Waals surface area contributed by atoms with Crippen LogP contribution >= 0.6 is 0 Å². The van der Waals surface area contributed by atoms with Gasteiger partial charge in [0.2, 0.25) is 21.9 Å². The normalized spacial score (nSPS) is 16.1. The lowest BCUT2D eigenvalue weighted by atomic mass is 10.2. The molecule has 15 heteroatoms. The average molecular weight is 579 g/mol. The van der Waals surface area contributed by atoms with Crippen molar-refractivity contribution in [3.63, 3.8) is 0 Å². The van der Waals surface area contributed by atoms with Crippen molar-refractivity contribution in [2.24, 2.45) is 0 Å². The summed E-state index contributed by atoms with van der Waals surface area (Å²) in [6.45, 7) is -0.942. The summed E-state index contributed by atoms with van der Waals surface area (Å²) in [5, 5.41) is 5.75. The fraction of sp³-hybridized carbons (Fsp3) is 0.280. The summed E-state index contributed by atoms with van der Waals surface area (Å²) in [5.41, 5.74) is 1.27. The Balaban J connectivity index is 1.59. The lowest BCUT2D eigenvalue weighted by Gasteiger charge is -2.12. The van der Waals surface area contributed by atoms with Gasteiger partial charge in [0.25, 0.3) is 5.91 Å². The van der Waals surface area contributed by atoms with E-state index in [-0.39, 0.29) is 29.8 Å². The van der Waals surface area contributed by atoms with Crippen LogP contribution in [0, 0.1) is 0 Å². The summed E-state index contributed by atoms with van der Waals surface area (Å²) >= 11 is 0. The van der Waals surface area contributed by atoms with Crippen LogP contribution < -0.4 is 24.8 Å². The van der Waals surface area contributed by atoms with Crippen LogP contribution in [0.4, 0.5) is 30.8 Å². The lowest BCUT2D eigenvalue weighted by Crippen LogP contribution is -2.32. The number of halogens is 3. The summed E-state index contributed by atoms with van der Waals surface area (Å²) in [6.07, 6.45) is -0.185. The van der Waals surface area contributed by atoms with Crippen LogP contribution in [0.3, 0.4) is 0 Å². The molecule has 0 atom stereocenters. The zero-order valence-electron chi connectivity index (χ0n) is 20.9. The van der Waals surface area contributed by atoms with E-state index in [1.807, 2.05) is 16.9 Å². The fourth-order valence-electron chi connectivity index (χ4n) is 3.37. The number of anilines is 3. The molecule has 4 aliphatic heterocycles. The minimum Gasteiger partial charge on any atom is -0.494 e. The van der Waals surface area contributed by atoms with Crippen LogP contribution in [0.1, 0.15) is 28.8 Å². The molecule has 0 radical (unpaired) electrons. The van der Waals surface area contributed by atoms with Crippen LogP contribution in [0.2, 0.25) is 0 Å². The third-order valence-corrected chi connectivity index (χ3v) is 6.40. The van der Waals surface area contributed by atoms with Gasteiger partial charge in [-0.1, -0.05) is 24.3 Å². The molecular formula is C25H25F3N6O5S. The molecule has 212 valence electrons. The molecule has 3 N–H and O–H groups in total. The highest BCUT2D eigenvalue weighted by Gasteiger charge is 2.29. The monoisotopic (exact) mass is 578 g/mol. The molecule has 0 aliphatic carbocycles. The molecule has 5 heterocycles. The molecular weight excluding hydrogens is 553 g/mol. The van der Waals surface area contributed by atoms with Gasteiger partial charge in [-0.25, -0.2) is 13.1 Å². The predicted molar refractivity (Wildman–Crippen MR) is 140 cm³/mol. The van der Waals surface area contributed by atoms with Gasteiger partial charge in [0, 0.05) is 17.8 Å². The van der Waals surface area contributed by atoms with E-state index in [9.17, 15) is 26.4 Å². The van der Waals surface area contributed by atoms with Crippen LogP contribution in [-0.4, -0.2) is 54.4 Å². The molecule has 4 aliphatic rings. The number of rotatable bonds is 2. The van der Waals surface area contributed by atoms with E-state index < -0.39 is 34.7 Å². The molecule has 1 aromatic heterocycles. The SMILES string of the molecule is O=C1NS(=O)(=O)CC=CCCCOc2ccc(cc2)CNc2nc(nc(OCC(F)(F)F)n2)Nc2ccc1cc2. The van der Waals surface area contributed by atoms with E-state index in [0.717, 1.165) is 5.56 Å². The van der Waals surface area contributed by atoms with Gasteiger partial charge in [-0.3, -0.25) is 4.79 Å². The van der Waals surface area contributed by atoms with E-state index >= 15 is 0 Å². The Hall–Kier alpha value is -4.40. The highest BCUT2D eigenvalue weighted by atomic mass is 32.2. The Morgan fingerprint density at radius 1 is 0.950 bits per heavy atom. The van der Waals surface area contributed by atoms with Gasteiger partial charge in [-0.15, -0.1) is 0 Å². The summed E-state index contributed by atoms with van der Waals surface area (Å²) in [6, 6.07) is 12.2. The smallest absolute Gasteiger partial charge is 0.422 e. The van der Waals surface area contributed by atoms with E-state index in [0.29, 0.717) is 30.9 Å². The average Bonchev–Trinajstić information content (AvgIpc) is 2.90. The molecule has 3 aromatic rings. The maximum atomic E-state index is 12.7. The predicted octanol–water partition coefficient (Wildman–Crippen LogP) is 3.96. The molecule has 1 amide bonds. The van der Waals surface area contributed by atoms with Gasteiger partial charge < -0.3 is 20.1 Å². The molecule has 40 heavy (non-hydrogen) atoms. The quantitative estimate of drug-likeness (QED) is 0.382. The first-order valence-electron chi connectivity index (χ1n) is 12.0. The first kappa shape index (κ1) is 28.6. The molecule has 6 bridgehead atoms. The molecule has 0 saturated heterocycles. The Morgan fingerprint density at radius 3 is 2.40 bits per heavy atom. The molecule has 2 aromatic carbocycles. The highest BCUT2D eigenvalue weighted by molar-refractivity contribution is 7.90. The minimum atomic E-state index is -4.60. The molecule has 7 rings (SSSR count). The number of ether oxygens (including phenoxy) is 2. The van der Waals surface area contributed by atoms with E-state index in [1.165, 1.54) is 30.3 Å². The molecule has 0 spiro atoms. The molecule has 0 unspecified atom stereocenters. The number of amides is 1. The topological polar surface area (TPSA) is 144 Å². The van der Waals surface area contributed by atoms with Crippen molar-refractivity contribution in [2.75, 3.05) is 29.6 Å². The van der Waals surface area contributed by atoms with Gasteiger partial charge in [-0.2, -0.15) is 28.1 Å². The van der Waals surface area contributed by atoms with Gasteiger partial charge >= 0.3 is 12.2 Å². The second-order valence-electron chi connectivity index (χ2n) is 8.54. The van der Waals surface area contributed by atoms with Gasteiger partial charge in [0.1, 0.15) is 5.75 Å². The van der Waals surface area contributed by atoms with Crippen LogP contribution in [0.5, 0.6) is 11.8 Å². The Labute approximate surface area is 227 Å². The Kier molecular flexibility index (Phi) is 9.04. The number of carbonyl (C=O) groups is 1. The first-order valence-corrected chi connectivity index (χ1v) is 13.7. The van der Waals surface area contributed by atoms with Gasteiger partial charge in [0.15, 0.2) is 6.61 Å². The number of hydrogen-bond acceptors (Lipinski definition) is 10. The number of nitrogens with one attached hydrogen (secondary N) is 3. The van der Waals surface area contributed by atoms with Crippen molar-refractivity contribution in [2.45, 2.75) is 25.6 Å². The lowest BCUT2D eigenvalue weighted by molar-refractivity contribution is -0.154. The van der Waals surface area contributed by atoms with Crippen molar-refractivity contribution in [3.8, 4) is 11.8 Å². The second kappa shape index (κ2) is 12.6. The van der Waals surface area contributed by atoms with E-state index in [1.54, 1.807) is 18.2 Å². The summed E-state index contributed by atoms with van der Waals surface area (Å²) in [4.78, 5) is 24.4. The van der Waals surface area contributed by atoms with Crippen LogP contribution in [0.25, 0.3) is 0 Å². The van der Waals surface area contributed by atoms with Crippen molar-refractivity contribution < 1.29 is 35.9 Å². The Morgan fingerprint density at radius 2 is 1.68 bits per heavy atom. The zero-order chi connectivity index (χ0) is 28.6. The van der Waals surface area contributed by atoms with Crippen LogP contribution in [-0.2, 0) is 16.6 Å². The van der Waals surface area contributed by atoms with Crippen molar-refractivity contribution in [1.82, 2.24) is 19.7 Å². The summed E-state index contributed by atoms with van der Waals surface area (Å²) in [7, 11) is -3.91. The van der Waals surface area contributed by atoms with Crippen molar-refractivity contribution >= 4 is 33.5 Å². The number of benzene rings is 2. The number of hydrogen-bond donors (Lipinski definition) is 3. The van der Waals surface area contributed by atoms with Gasteiger partial charge in [0.05, 0.1) is 12.4 Å². The third kappa shape index (κ3) is 9.11.